The van der Waals surface area contributed by atoms with Crippen molar-refractivity contribution in [2.45, 2.75) is 51.1 Å². The summed E-state index contributed by atoms with van der Waals surface area (Å²) in [6, 6.07) is 2.91. The number of thiophene rings is 1. The van der Waals surface area contributed by atoms with Gasteiger partial charge in [-0.3, -0.25) is 9.59 Å². The van der Waals surface area contributed by atoms with Gasteiger partial charge in [-0.15, -0.1) is 11.3 Å². The van der Waals surface area contributed by atoms with Gasteiger partial charge in [0.2, 0.25) is 5.91 Å². The van der Waals surface area contributed by atoms with Crippen LogP contribution >= 0.6 is 23.1 Å². The number of Topliss-reactive ketones (excluding diaryl/α,β-unsaturated/α-hetero) is 1. The predicted molar refractivity (Wildman–Crippen MR) is 101 cm³/mol. The Morgan fingerprint density at radius 3 is 2.54 bits per heavy atom. The molecule has 1 amide bonds. The summed E-state index contributed by atoms with van der Waals surface area (Å²) in [4.78, 5) is 26.9. The van der Waals surface area contributed by atoms with Crippen molar-refractivity contribution in [1.82, 2.24) is 10.2 Å². The Hall–Kier alpha value is -0.850. The minimum atomic E-state index is 0.0696. The Kier molecular flexibility index (Phi) is 6.36. The van der Waals surface area contributed by atoms with Crippen molar-refractivity contribution in [1.29, 1.82) is 0 Å². The zero-order valence-corrected chi connectivity index (χ0v) is 15.9. The molecule has 1 aromatic heterocycles. The lowest BCUT2D eigenvalue weighted by Crippen LogP contribution is -2.49. The fourth-order valence-corrected chi connectivity index (χ4v) is 5.47. The number of thioether (sulfide) groups is 1. The number of amides is 1. The van der Waals surface area contributed by atoms with Gasteiger partial charge in [0.25, 0.3) is 0 Å². The second-order valence-corrected chi connectivity index (χ2v) is 8.91. The van der Waals surface area contributed by atoms with Crippen molar-refractivity contribution < 1.29 is 9.59 Å². The van der Waals surface area contributed by atoms with E-state index in [9.17, 15) is 9.59 Å². The van der Waals surface area contributed by atoms with Crippen LogP contribution in [0.3, 0.4) is 0 Å². The number of carbonyl (C=O) groups is 2. The number of rotatable bonds is 5. The monoisotopic (exact) mass is 366 g/mol. The summed E-state index contributed by atoms with van der Waals surface area (Å²) >= 11 is 3.50. The maximum absolute atomic E-state index is 12.2. The maximum atomic E-state index is 12.2. The molecule has 2 saturated heterocycles. The molecular weight excluding hydrogens is 340 g/mol. The molecule has 2 fully saturated rings. The third kappa shape index (κ3) is 4.83. The van der Waals surface area contributed by atoms with Gasteiger partial charge in [0, 0.05) is 25.2 Å². The molecule has 3 heterocycles. The van der Waals surface area contributed by atoms with E-state index in [0.29, 0.717) is 12.5 Å². The molecule has 2 aliphatic rings. The van der Waals surface area contributed by atoms with Crippen LogP contribution in [0.25, 0.3) is 0 Å². The van der Waals surface area contributed by atoms with Crippen molar-refractivity contribution in [2.24, 2.45) is 0 Å². The minimum absolute atomic E-state index is 0.0696. The molecule has 6 heteroatoms. The van der Waals surface area contributed by atoms with E-state index in [1.165, 1.54) is 35.7 Å². The van der Waals surface area contributed by atoms with Gasteiger partial charge in [0.05, 0.1) is 11.3 Å². The lowest BCUT2D eigenvalue weighted by atomic mass is 10.0. The second kappa shape index (κ2) is 8.50. The van der Waals surface area contributed by atoms with Gasteiger partial charge < -0.3 is 10.2 Å². The first kappa shape index (κ1) is 18.0. The maximum Gasteiger partial charge on any atom is 0.224 e. The van der Waals surface area contributed by atoms with E-state index < -0.39 is 0 Å². The predicted octanol–water partition coefficient (Wildman–Crippen LogP) is 2.97. The summed E-state index contributed by atoms with van der Waals surface area (Å²) in [5.74, 6) is 2.74. The summed E-state index contributed by atoms with van der Waals surface area (Å²) in [6.07, 6.45) is 5.12. The molecule has 0 unspecified atom stereocenters. The third-order valence-electron chi connectivity index (χ3n) is 4.97. The highest BCUT2D eigenvalue weighted by molar-refractivity contribution is 7.99. The highest BCUT2D eigenvalue weighted by atomic mass is 32.2. The van der Waals surface area contributed by atoms with E-state index in [-0.39, 0.29) is 11.7 Å². The number of nitrogens with zero attached hydrogens (tertiary/aromatic N) is 1. The second-order valence-electron chi connectivity index (χ2n) is 6.77. The Labute approximate surface area is 152 Å². The first-order valence-electron chi connectivity index (χ1n) is 8.81. The van der Waals surface area contributed by atoms with Gasteiger partial charge in [-0.2, -0.15) is 11.8 Å². The van der Waals surface area contributed by atoms with Gasteiger partial charge in [0.1, 0.15) is 0 Å². The lowest BCUT2D eigenvalue weighted by Gasteiger charge is -2.39. The molecule has 0 aromatic carbocycles. The van der Waals surface area contributed by atoms with Crippen LogP contribution in [0.1, 0.15) is 47.8 Å². The number of hydrogen-bond donors (Lipinski definition) is 1. The fraction of sp³-hybridized carbons (Fsp3) is 0.667. The van der Waals surface area contributed by atoms with Crippen LogP contribution < -0.4 is 5.32 Å². The van der Waals surface area contributed by atoms with Crippen LogP contribution in [-0.4, -0.2) is 53.3 Å². The molecule has 132 valence electrons. The first-order valence-corrected chi connectivity index (χ1v) is 10.8. The summed E-state index contributed by atoms with van der Waals surface area (Å²) in [6.45, 7) is 3.77. The first-order chi connectivity index (χ1) is 11.6. The molecule has 2 aliphatic heterocycles. The lowest BCUT2D eigenvalue weighted by molar-refractivity contribution is -0.121. The number of carbonyl (C=O) groups excluding carboxylic acids is 2. The van der Waals surface area contributed by atoms with Crippen molar-refractivity contribution in [3.8, 4) is 0 Å². The molecule has 0 spiro atoms. The van der Waals surface area contributed by atoms with Gasteiger partial charge in [0.15, 0.2) is 5.78 Å². The largest absolute Gasteiger partial charge is 0.353 e. The Bertz CT molecular complexity index is 573. The molecule has 4 nitrogen and oxygen atoms in total. The molecule has 0 bridgehead atoms. The van der Waals surface area contributed by atoms with Crippen molar-refractivity contribution in [3.63, 3.8) is 0 Å². The van der Waals surface area contributed by atoms with Crippen LogP contribution in [0.15, 0.2) is 11.4 Å². The molecule has 1 aromatic rings. The van der Waals surface area contributed by atoms with Crippen molar-refractivity contribution in [3.05, 3.63) is 21.9 Å². The zero-order valence-electron chi connectivity index (χ0n) is 14.3. The standard InChI is InChI=1S/C18H26N2O2S2/c1-13(21)17-10-14(12-24-17)11-18(22)19-15-2-6-20(7-3-15)16-4-8-23-9-5-16/h10,12,15-16H,2-9,11H2,1H3,(H,19,22). The van der Waals surface area contributed by atoms with E-state index >= 15 is 0 Å². The molecule has 0 saturated carbocycles. The summed E-state index contributed by atoms with van der Waals surface area (Å²) in [5.41, 5.74) is 0.944. The Morgan fingerprint density at radius 2 is 1.92 bits per heavy atom. The molecule has 0 atom stereocenters. The molecule has 0 aliphatic carbocycles. The average molecular weight is 367 g/mol. The number of ketones is 1. The van der Waals surface area contributed by atoms with E-state index in [1.54, 1.807) is 6.92 Å². The van der Waals surface area contributed by atoms with Crippen molar-refractivity contribution >= 4 is 34.8 Å². The van der Waals surface area contributed by atoms with E-state index in [4.69, 9.17) is 0 Å². The normalized spacial score (nSPS) is 20.9. The third-order valence-corrected chi connectivity index (χ3v) is 7.10. The molecule has 3 rings (SSSR count). The summed E-state index contributed by atoms with van der Waals surface area (Å²) in [5, 5.41) is 5.10. The van der Waals surface area contributed by atoms with Gasteiger partial charge >= 0.3 is 0 Å². The summed E-state index contributed by atoms with van der Waals surface area (Å²) in [7, 11) is 0. The number of nitrogens with one attached hydrogen (secondary N) is 1. The molecular formula is C18H26N2O2S2. The molecule has 1 N–H and O–H groups in total. The smallest absolute Gasteiger partial charge is 0.224 e. The molecule has 24 heavy (non-hydrogen) atoms. The van der Waals surface area contributed by atoms with E-state index in [1.807, 2.05) is 11.4 Å². The van der Waals surface area contributed by atoms with Crippen LogP contribution in [0.2, 0.25) is 0 Å². The van der Waals surface area contributed by atoms with E-state index in [0.717, 1.165) is 42.4 Å². The Balaban J connectivity index is 1.41. The highest BCUT2D eigenvalue weighted by Gasteiger charge is 2.26. The number of hydrogen-bond acceptors (Lipinski definition) is 5. The van der Waals surface area contributed by atoms with Gasteiger partial charge in [-0.05, 0) is 61.1 Å². The Morgan fingerprint density at radius 1 is 1.21 bits per heavy atom. The van der Waals surface area contributed by atoms with Crippen molar-refractivity contribution in [2.75, 3.05) is 24.6 Å². The van der Waals surface area contributed by atoms with Gasteiger partial charge in [-0.25, -0.2) is 0 Å². The number of likely N-dealkylation sites (tertiary alicyclic amines) is 1. The quantitative estimate of drug-likeness (QED) is 0.814. The SMILES string of the molecule is CC(=O)c1cc(CC(=O)NC2CCN(C3CCSCC3)CC2)cs1. The minimum Gasteiger partial charge on any atom is -0.353 e. The highest BCUT2D eigenvalue weighted by Crippen LogP contribution is 2.24. The fourth-order valence-electron chi connectivity index (χ4n) is 3.58. The topological polar surface area (TPSA) is 49.4 Å². The van der Waals surface area contributed by atoms with Crippen LogP contribution in [-0.2, 0) is 11.2 Å². The van der Waals surface area contributed by atoms with E-state index in [2.05, 4.69) is 22.0 Å². The number of piperidine rings is 1. The van der Waals surface area contributed by atoms with Crippen LogP contribution in [0, 0.1) is 0 Å². The van der Waals surface area contributed by atoms with Crippen LogP contribution in [0.4, 0.5) is 0 Å². The average Bonchev–Trinajstić information content (AvgIpc) is 3.05. The summed E-state index contributed by atoms with van der Waals surface area (Å²) < 4.78 is 0. The zero-order chi connectivity index (χ0) is 16.9. The van der Waals surface area contributed by atoms with Gasteiger partial charge in [-0.1, -0.05) is 0 Å². The van der Waals surface area contributed by atoms with Crippen LogP contribution in [0.5, 0.6) is 0 Å². The molecule has 0 radical (unpaired) electrons.